The number of hydrogen-bond donors (Lipinski definition) is 1. The summed E-state index contributed by atoms with van der Waals surface area (Å²) in [7, 11) is -0.493. The molecule has 3 aromatic rings. The summed E-state index contributed by atoms with van der Waals surface area (Å²) in [6.07, 6.45) is 6.58. The summed E-state index contributed by atoms with van der Waals surface area (Å²) >= 11 is 1.49. The fourth-order valence-corrected chi connectivity index (χ4v) is 6.09. The molecule has 0 amide bonds. The number of nitrogens with zero attached hydrogens (tertiary/aromatic N) is 4. The molecule has 5 rings (SSSR count). The van der Waals surface area contributed by atoms with E-state index in [0.29, 0.717) is 22.5 Å². The van der Waals surface area contributed by atoms with Crippen LogP contribution in [0.1, 0.15) is 49.1 Å². The summed E-state index contributed by atoms with van der Waals surface area (Å²) in [5.74, 6) is 1.25. The van der Waals surface area contributed by atoms with Crippen molar-refractivity contribution in [3.05, 3.63) is 65.1 Å². The first-order valence-corrected chi connectivity index (χ1v) is 13.5. The number of thioether (sulfide) groups is 1. The van der Waals surface area contributed by atoms with E-state index in [1.165, 1.54) is 67.8 Å². The predicted octanol–water partition coefficient (Wildman–Crippen LogP) is 4.89. The average Bonchev–Trinajstić information content (AvgIpc) is 3.28. The van der Waals surface area contributed by atoms with E-state index in [9.17, 15) is 8.42 Å². The lowest BCUT2D eigenvalue weighted by Crippen LogP contribution is -2.22. The van der Waals surface area contributed by atoms with Crippen LogP contribution in [0.3, 0.4) is 0 Å². The van der Waals surface area contributed by atoms with Crippen molar-refractivity contribution in [3.8, 4) is 11.4 Å². The minimum absolute atomic E-state index is 0.222. The summed E-state index contributed by atoms with van der Waals surface area (Å²) in [4.78, 5) is 0.222. The first kappa shape index (κ1) is 22.2. The zero-order chi connectivity index (χ0) is 23.0. The summed E-state index contributed by atoms with van der Waals surface area (Å²) < 4.78 is 28.2. The Morgan fingerprint density at radius 3 is 2.48 bits per heavy atom. The first-order valence-electron chi connectivity index (χ1n) is 11.2. The molecule has 0 spiro atoms. The van der Waals surface area contributed by atoms with Crippen LogP contribution in [0, 0.1) is 0 Å². The van der Waals surface area contributed by atoms with Crippen molar-refractivity contribution in [1.29, 1.82) is 0 Å². The van der Waals surface area contributed by atoms with Crippen LogP contribution < -0.4 is 5.43 Å². The summed E-state index contributed by atoms with van der Waals surface area (Å²) in [5, 5.41) is 11.3. The van der Waals surface area contributed by atoms with Gasteiger partial charge in [-0.3, -0.25) is 5.43 Å². The van der Waals surface area contributed by atoms with Gasteiger partial charge in [-0.2, -0.15) is 0 Å². The Kier molecular flexibility index (Phi) is 6.03. The molecule has 1 aliphatic heterocycles. The van der Waals surface area contributed by atoms with Crippen molar-refractivity contribution < 1.29 is 8.42 Å². The Hall–Kier alpha value is -2.62. The molecule has 2 aromatic carbocycles. The van der Waals surface area contributed by atoms with Crippen LogP contribution in [-0.2, 0) is 10.0 Å². The molecule has 0 saturated heterocycles. The van der Waals surface area contributed by atoms with E-state index in [4.69, 9.17) is 0 Å². The predicted molar refractivity (Wildman–Crippen MR) is 132 cm³/mol. The molecule has 2 heterocycles. The Balaban J connectivity index is 1.40. The largest absolute Gasteiger partial charge is 0.289 e. The molecular weight excluding hydrogens is 454 g/mol. The van der Waals surface area contributed by atoms with Crippen LogP contribution >= 0.6 is 11.8 Å². The second-order valence-electron chi connectivity index (χ2n) is 8.67. The summed E-state index contributed by atoms with van der Waals surface area (Å²) in [6, 6.07) is 15.6. The molecule has 33 heavy (non-hydrogen) atoms. The molecule has 172 valence electrons. The third-order valence-electron chi connectivity index (χ3n) is 6.32. The van der Waals surface area contributed by atoms with Crippen molar-refractivity contribution in [2.24, 2.45) is 0 Å². The number of nitrogens with one attached hydrogen (secondary N) is 1. The van der Waals surface area contributed by atoms with E-state index in [0.717, 1.165) is 11.3 Å². The van der Waals surface area contributed by atoms with Crippen molar-refractivity contribution >= 4 is 27.5 Å². The molecule has 1 N–H and O–H groups in total. The molecule has 9 heteroatoms. The van der Waals surface area contributed by atoms with E-state index in [2.05, 4.69) is 39.9 Å². The fourth-order valence-electron chi connectivity index (χ4n) is 4.40. The van der Waals surface area contributed by atoms with Gasteiger partial charge >= 0.3 is 0 Å². The molecule has 0 bridgehead atoms. The van der Waals surface area contributed by atoms with Gasteiger partial charge in [-0.15, -0.1) is 10.2 Å². The van der Waals surface area contributed by atoms with Gasteiger partial charge in [0, 0.05) is 25.1 Å². The minimum atomic E-state index is -3.54. The number of aromatic nitrogens is 3. The van der Waals surface area contributed by atoms with E-state index in [1.807, 2.05) is 16.2 Å². The van der Waals surface area contributed by atoms with Gasteiger partial charge in [-0.05, 0) is 42.0 Å². The molecule has 0 unspecified atom stereocenters. The molecule has 1 aromatic heterocycles. The SMILES string of the molecule is CN(C)S(=O)(=O)c1cccc(-c2nnc3n2NC(c2ccc(C4CCCCC4)cc2)=CS3)c1. The molecule has 0 atom stereocenters. The lowest BCUT2D eigenvalue weighted by atomic mass is 9.84. The van der Waals surface area contributed by atoms with Gasteiger partial charge in [-0.25, -0.2) is 17.4 Å². The van der Waals surface area contributed by atoms with Gasteiger partial charge in [-0.1, -0.05) is 67.4 Å². The average molecular weight is 482 g/mol. The lowest BCUT2D eigenvalue weighted by molar-refractivity contribution is 0.443. The van der Waals surface area contributed by atoms with Crippen molar-refractivity contribution in [1.82, 2.24) is 19.2 Å². The van der Waals surface area contributed by atoms with Crippen LogP contribution in [-0.4, -0.2) is 41.7 Å². The topological polar surface area (TPSA) is 80.1 Å². The van der Waals surface area contributed by atoms with Crippen LogP contribution in [0.4, 0.5) is 0 Å². The smallest absolute Gasteiger partial charge is 0.242 e. The van der Waals surface area contributed by atoms with Gasteiger partial charge in [0.25, 0.3) is 0 Å². The molecular formula is C24H27N5O2S2. The van der Waals surface area contributed by atoms with Gasteiger partial charge < -0.3 is 0 Å². The highest BCUT2D eigenvalue weighted by Gasteiger charge is 2.23. The van der Waals surface area contributed by atoms with Crippen molar-refractivity contribution in [2.45, 2.75) is 48.1 Å². The Morgan fingerprint density at radius 2 is 1.76 bits per heavy atom. The maximum absolute atomic E-state index is 12.6. The normalized spacial score (nSPS) is 16.9. The first-order chi connectivity index (χ1) is 15.9. The van der Waals surface area contributed by atoms with Gasteiger partial charge in [0.15, 0.2) is 5.82 Å². The maximum Gasteiger partial charge on any atom is 0.242 e. The van der Waals surface area contributed by atoms with E-state index in [-0.39, 0.29) is 4.90 Å². The third kappa shape index (κ3) is 4.32. The van der Waals surface area contributed by atoms with Crippen LogP contribution in [0.15, 0.2) is 64.0 Å². The molecule has 2 aliphatic rings. The summed E-state index contributed by atoms with van der Waals surface area (Å²) in [5.41, 5.74) is 7.57. The van der Waals surface area contributed by atoms with E-state index < -0.39 is 10.0 Å². The number of fused-ring (bicyclic) bond motifs is 1. The quantitative estimate of drug-likeness (QED) is 0.559. The molecule has 0 radical (unpaired) electrons. The number of rotatable bonds is 5. The zero-order valence-electron chi connectivity index (χ0n) is 18.7. The van der Waals surface area contributed by atoms with Gasteiger partial charge in [0.1, 0.15) is 0 Å². The zero-order valence-corrected chi connectivity index (χ0v) is 20.4. The number of hydrogen-bond acceptors (Lipinski definition) is 6. The second kappa shape index (κ2) is 8.96. The lowest BCUT2D eigenvalue weighted by Gasteiger charge is -2.23. The second-order valence-corrected chi connectivity index (χ2v) is 11.7. The van der Waals surface area contributed by atoms with Gasteiger partial charge in [0.05, 0.1) is 10.6 Å². The summed E-state index contributed by atoms with van der Waals surface area (Å²) in [6.45, 7) is 0. The number of sulfonamides is 1. The fraction of sp³-hybridized carbons (Fsp3) is 0.333. The molecule has 1 aliphatic carbocycles. The van der Waals surface area contributed by atoms with Crippen LogP contribution in [0.25, 0.3) is 17.1 Å². The molecule has 1 fully saturated rings. The Bertz CT molecular complexity index is 1290. The third-order valence-corrected chi connectivity index (χ3v) is 8.96. The van der Waals surface area contributed by atoms with Crippen molar-refractivity contribution in [2.75, 3.05) is 19.5 Å². The van der Waals surface area contributed by atoms with E-state index >= 15 is 0 Å². The minimum Gasteiger partial charge on any atom is -0.289 e. The highest BCUT2D eigenvalue weighted by atomic mass is 32.2. The van der Waals surface area contributed by atoms with Crippen LogP contribution in [0.2, 0.25) is 0 Å². The van der Waals surface area contributed by atoms with Crippen molar-refractivity contribution in [3.63, 3.8) is 0 Å². The maximum atomic E-state index is 12.6. The standard InChI is InChI=1S/C24H27N5O2S2/c1-28(2)33(30,31)21-10-6-9-20(15-21)23-25-26-24-29(23)27-22(16-32-24)19-13-11-18(12-14-19)17-7-4-3-5-8-17/h6,9-17,27H,3-5,7-8H2,1-2H3. The number of benzene rings is 2. The monoisotopic (exact) mass is 481 g/mol. The molecule has 1 saturated carbocycles. The highest BCUT2D eigenvalue weighted by molar-refractivity contribution is 8.02. The van der Waals surface area contributed by atoms with E-state index in [1.54, 1.807) is 18.2 Å². The van der Waals surface area contributed by atoms with Gasteiger partial charge in [0.2, 0.25) is 15.2 Å². The highest BCUT2D eigenvalue weighted by Crippen LogP contribution is 2.35. The van der Waals surface area contributed by atoms with Crippen LogP contribution in [0.5, 0.6) is 0 Å². The molecule has 7 nitrogen and oxygen atoms in total. The Labute approximate surface area is 198 Å². The Morgan fingerprint density at radius 1 is 1.00 bits per heavy atom.